The van der Waals surface area contributed by atoms with Crippen LogP contribution in [0.15, 0.2) is 73.1 Å². The predicted molar refractivity (Wildman–Crippen MR) is 107 cm³/mol. The van der Waals surface area contributed by atoms with Crippen molar-refractivity contribution in [2.45, 2.75) is 12.5 Å². The molecule has 2 aromatic heterocycles. The van der Waals surface area contributed by atoms with E-state index in [2.05, 4.69) is 10.3 Å². The summed E-state index contributed by atoms with van der Waals surface area (Å²) in [4.78, 5) is 16.5. The number of nitrogens with one attached hydrogen (secondary N) is 1. The summed E-state index contributed by atoms with van der Waals surface area (Å²) in [5, 5.41) is 3.74. The molecule has 0 unspecified atom stereocenters. The van der Waals surface area contributed by atoms with Gasteiger partial charge in [-0.25, -0.2) is 9.37 Å². The topological polar surface area (TPSA) is 46.9 Å². The summed E-state index contributed by atoms with van der Waals surface area (Å²) in [6.45, 7) is 0.681. The van der Waals surface area contributed by atoms with Crippen LogP contribution in [0.2, 0.25) is 0 Å². The van der Waals surface area contributed by atoms with Gasteiger partial charge in [0.1, 0.15) is 17.5 Å². The van der Waals surface area contributed by atoms with Gasteiger partial charge in [-0.05, 0) is 35.7 Å². The van der Waals surface area contributed by atoms with Crippen molar-refractivity contribution < 1.29 is 9.18 Å². The molecule has 2 aromatic carbocycles. The maximum atomic E-state index is 14.8. The predicted octanol–water partition coefficient (Wildman–Crippen LogP) is 4.57. The SMILES string of the molecule is O=C1NCC[C@@H]1n1ccc2cc(-c3ccc(-c4ccccc4)cc3F)cnc21. The standard InChI is InChI=1S/C23H18FN3O/c24-20-13-16(15-4-2-1-3-5-15)6-7-19(20)18-12-17-9-11-27(22(17)26-14-18)21-8-10-25-23(21)28/h1-7,9,11-14,21H,8,10H2,(H,25,28)/t21-/m0/s1. The van der Waals surface area contributed by atoms with Gasteiger partial charge in [-0.15, -0.1) is 0 Å². The summed E-state index contributed by atoms with van der Waals surface area (Å²) < 4.78 is 16.7. The van der Waals surface area contributed by atoms with Crippen molar-refractivity contribution in [2.75, 3.05) is 6.54 Å². The third-order valence-electron chi connectivity index (χ3n) is 5.30. The fraction of sp³-hybridized carbons (Fsp3) is 0.130. The molecule has 4 nitrogen and oxygen atoms in total. The number of aromatic nitrogens is 2. The van der Waals surface area contributed by atoms with E-state index in [-0.39, 0.29) is 17.8 Å². The number of pyridine rings is 1. The van der Waals surface area contributed by atoms with Crippen LogP contribution in [-0.2, 0) is 4.79 Å². The van der Waals surface area contributed by atoms with Crippen molar-refractivity contribution >= 4 is 16.9 Å². The van der Waals surface area contributed by atoms with Gasteiger partial charge >= 0.3 is 0 Å². The summed E-state index contributed by atoms with van der Waals surface area (Å²) in [6, 6.07) is 18.6. The van der Waals surface area contributed by atoms with Crippen LogP contribution in [-0.4, -0.2) is 22.0 Å². The average molecular weight is 371 g/mol. The summed E-state index contributed by atoms with van der Waals surface area (Å²) >= 11 is 0. The number of fused-ring (bicyclic) bond motifs is 1. The van der Waals surface area contributed by atoms with Crippen molar-refractivity contribution in [1.29, 1.82) is 0 Å². The molecule has 1 aliphatic rings. The second-order valence-electron chi connectivity index (χ2n) is 7.02. The highest BCUT2D eigenvalue weighted by atomic mass is 19.1. The Labute approximate surface area is 161 Å². The maximum Gasteiger partial charge on any atom is 0.243 e. The number of carbonyl (C=O) groups excluding carboxylic acids is 1. The Balaban J connectivity index is 1.52. The van der Waals surface area contributed by atoms with Crippen LogP contribution in [0.5, 0.6) is 0 Å². The number of carbonyl (C=O) groups is 1. The quantitative estimate of drug-likeness (QED) is 0.573. The zero-order valence-corrected chi connectivity index (χ0v) is 15.1. The minimum Gasteiger partial charge on any atom is -0.354 e. The van der Waals surface area contributed by atoms with Crippen LogP contribution < -0.4 is 5.32 Å². The Morgan fingerprint density at radius 3 is 2.61 bits per heavy atom. The van der Waals surface area contributed by atoms with Crippen LogP contribution in [0.3, 0.4) is 0 Å². The number of hydrogen-bond donors (Lipinski definition) is 1. The van der Waals surface area contributed by atoms with Gasteiger partial charge in [0.25, 0.3) is 0 Å². The van der Waals surface area contributed by atoms with Crippen molar-refractivity contribution in [3.63, 3.8) is 0 Å². The normalized spacial score (nSPS) is 16.5. The van der Waals surface area contributed by atoms with E-state index in [0.717, 1.165) is 34.1 Å². The van der Waals surface area contributed by atoms with Gasteiger partial charge in [0.15, 0.2) is 0 Å². The molecule has 1 aliphatic heterocycles. The fourth-order valence-electron chi connectivity index (χ4n) is 3.85. The largest absolute Gasteiger partial charge is 0.354 e. The van der Waals surface area contributed by atoms with Crippen LogP contribution in [0, 0.1) is 5.82 Å². The van der Waals surface area contributed by atoms with E-state index in [1.807, 2.05) is 59.3 Å². The van der Waals surface area contributed by atoms with E-state index in [1.165, 1.54) is 0 Å². The first-order valence-electron chi connectivity index (χ1n) is 9.30. The summed E-state index contributed by atoms with van der Waals surface area (Å²) in [5.74, 6) is -0.261. The van der Waals surface area contributed by atoms with E-state index >= 15 is 0 Å². The second-order valence-corrected chi connectivity index (χ2v) is 7.02. The first kappa shape index (κ1) is 16.7. The summed E-state index contributed by atoms with van der Waals surface area (Å²) in [7, 11) is 0. The Morgan fingerprint density at radius 1 is 1.00 bits per heavy atom. The van der Waals surface area contributed by atoms with Gasteiger partial charge < -0.3 is 9.88 Å². The Kier molecular flexibility index (Phi) is 3.93. The number of benzene rings is 2. The van der Waals surface area contributed by atoms with Gasteiger partial charge in [0.2, 0.25) is 5.91 Å². The first-order valence-corrected chi connectivity index (χ1v) is 9.30. The smallest absolute Gasteiger partial charge is 0.243 e. The highest BCUT2D eigenvalue weighted by molar-refractivity contribution is 5.87. The molecular formula is C23H18FN3O. The number of hydrogen-bond acceptors (Lipinski definition) is 2. The highest BCUT2D eigenvalue weighted by Gasteiger charge is 2.26. The molecule has 5 rings (SSSR count). The first-order chi connectivity index (χ1) is 13.7. The van der Waals surface area contributed by atoms with E-state index in [1.54, 1.807) is 18.3 Å². The lowest BCUT2D eigenvalue weighted by Gasteiger charge is -2.11. The molecule has 1 atom stereocenters. The molecule has 0 bridgehead atoms. The molecule has 1 fully saturated rings. The van der Waals surface area contributed by atoms with E-state index in [0.29, 0.717) is 12.1 Å². The number of rotatable bonds is 3. The minimum absolute atomic E-state index is 0.0194. The Morgan fingerprint density at radius 2 is 1.86 bits per heavy atom. The van der Waals surface area contributed by atoms with E-state index in [9.17, 15) is 9.18 Å². The molecule has 1 saturated heterocycles. The Hall–Kier alpha value is -3.47. The molecule has 1 amide bonds. The molecule has 28 heavy (non-hydrogen) atoms. The molecule has 5 heteroatoms. The zero-order chi connectivity index (χ0) is 19.1. The van der Waals surface area contributed by atoms with Crippen LogP contribution in [0.4, 0.5) is 4.39 Å². The van der Waals surface area contributed by atoms with Gasteiger partial charge in [-0.1, -0.05) is 42.5 Å². The van der Waals surface area contributed by atoms with Crippen LogP contribution in [0.1, 0.15) is 12.5 Å². The molecule has 1 N–H and O–H groups in total. The Bertz CT molecular complexity index is 1180. The van der Waals surface area contributed by atoms with Crippen LogP contribution >= 0.6 is 0 Å². The molecule has 0 radical (unpaired) electrons. The average Bonchev–Trinajstić information content (AvgIpc) is 3.33. The zero-order valence-electron chi connectivity index (χ0n) is 15.1. The fourth-order valence-corrected chi connectivity index (χ4v) is 3.85. The van der Waals surface area contributed by atoms with Crippen molar-refractivity contribution in [1.82, 2.24) is 14.9 Å². The van der Waals surface area contributed by atoms with Crippen molar-refractivity contribution in [3.05, 3.63) is 78.9 Å². The number of halogens is 1. The summed E-state index contributed by atoms with van der Waals surface area (Å²) in [5.41, 5.74) is 3.80. The second kappa shape index (κ2) is 6.60. The molecule has 3 heterocycles. The highest BCUT2D eigenvalue weighted by Crippen LogP contribution is 2.30. The molecule has 0 saturated carbocycles. The number of amides is 1. The molecular weight excluding hydrogens is 353 g/mol. The van der Waals surface area contributed by atoms with Crippen molar-refractivity contribution in [3.8, 4) is 22.3 Å². The minimum atomic E-state index is -0.280. The monoisotopic (exact) mass is 371 g/mol. The van der Waals surface area contributed by atoms with Crippen molar-refractivity contribution in [2.24, 2.45) is 0 Å². The van der Waals surface area contributed by atoms with Gasteiger partial charge in [-0.3, -0.25) is 4.79 Å². The van der Waals surface area contributed by atoms with E-state index < -0.39 is 0 Å². The van der Waals surface area contributed by atoms with Gasteiger partial charge in [0.05, 0.1) is 0 Å². The molecule has 4 aromatic rings. The molecule has 138 valence electrons. The third-order valence-corrected chi connectivity index (χ3v) is 5.30. The van der Waals surface area contributed by atoms with Gasteiger partial charge in [-0.2, -0.15) is 0 Å². The lowest BCUT2D eigenvalue weighted by Crippen LogP contribution is -2.21. The molecule has 0 spiro atoms. The number of nitrogens with zero attached hydrogens (tertiary/aromatic N) is 2. The van der Waals surface area contributed by atoms with Crippen LogP contribution in [0.25, 0.3) is 33.3 Å². The van der Waals surface area contributed by atoms with Gasteiger partial charge in [0, 0.05) is 35.5 Å². The molecule has 0 aliphatic carbocycles. The lowest BCUT2D eigenvalue weighted by atomic mass is 10.0. The third kappa shape index (κ3) is 2.76. The summed E-state index contributed by atoms with van der Waals surface area (Å²) in [6.07, 6.45) is 4.31. The van der Waals surface area contributed by atoms with E-state index in [4.69, 9.17) is 0 Å². The maximum absolute atomic E-state index is 14.8. The lowest BCUT2D eigenvalue weighted by molar-refractivity contribution is -0.121.